The lowest BCUT2D eigenvalue weighted by molar-refractivity contribution is 0.0697. The first-order valence-corrected chi connectivity index (χ1v) is 5.72. The molecule has 0 aromatic heterocycles. The van der Waals surface area contributed by atoms with Gasteiger partial charge in [-0.2, -0.15) is 0 Å². The van der Waals surface area contributed by atoms with E-state index in [1.807, 2.05) is 0 Å². The zero-order chi connectivity index (χ0) is 11.8. The maximum atomic E-state index is 11.1. The number of halogens is 1. The third-order valence-electron chi connectivity index (χ3n) is 1.81. The smallest absolute Gasteiger partial charge is 0.337 e. The number of hydrogen-bond acceptors (Lipinski definition) is 3. The van der Waals surface area contributed by atoms with Gasteiger partial charge in [0.2, 0.25) is 10.0 Å². The molecule has 0 bridgehead atoms. The predicted molar refractivity (Wildman–Crippen MR) is 54.5 cm³/mol. The normalized spacial score (nSPS) is 11.4. The Morgan fingerprint density at radius 3 is 2.40 bits per heavy atom. The van der Waals surface area contributed by atoms with Gasteiger partial charge in [0.25, 0.3) is 0 Å². The highest BCUT2D eigenvalue weighted by atomic mass is 35.5. The lowest BCUT2D eigenvalue weighted by atomic mass is 10.1. The molecule has 5 nitrogen and oxygen atoms in total. The van der Waals surface area contributed by atoms with E-state index in [1.165, 1.54) is 19.1 Å². The van der Waals surface area contributed by atoms with E-state index in [1.54, 1.807) is 0 Å². The summed E-state index contributed by atoms with van der Waals surface area (Å²) >= 11 is 5.65. The number of aromatic carboxylic acids is 1. The molecule has 0 spiro atoms. The molecule has 0 aliphatic carbocycles. The molecule has 3 N–H and O–H groups in total. The maximum Gasteiger partial charge on any atom is 0.337 e. The van der Waals surface area contributed by atoms with Crippen LogP contribution in [0.1, 0.15) is 15.9 Å². The molecule has 0 radical (unpaired) electrons. The van der Waals surface area contributed by atoms with Gasteiger partial charge in [0.1, 0.15) is 4.90 Å². The van der Waals surface area contributed by atoms with Gasteiger partial charge in [-0.3, -0.25) is 0 Å². The summed E-state index contributed by atoms with van der Waals surface area (Å²) in [4.78, 5) is 10.3. The fraction of sp³-hybridized carbons (Fsp3) is 0.125. The Morgan fingerprint density at radius 2 is 2.00 bits per heavy atom. The van der Waals surface area contributed by atoms with Crippen LogP contribution in [-0.4, -0.2) is 19.5 Å². The lowest BCUT2D eigenvalue weighted by Crippen LogP contribution is -2.15. The van der Waals surface area contributed by atoms with Gasteiger partial charge < -0.3 is 5.11 Å². The first-order valence-electron chi connectivity index (χ1n) is 3.80. The van der Waals surface area contributed by atoms with Crippen LogP contribution in [0.2, 0.25) is 5.02 Å². The minimum Gasteiger partial charge on any atom is -0.478 e. The maximum absolute atomic E-state index is 11.1. The lowest BCUT2D eigenvalue weighted by Gasteiger charge is -2.07. The Morgan fingerprint density at radius 1 is 1.47 bits per heavy atom. The molecule has 0 amide bonds. The van der Waals surface area contributed by atoms with Gasteiger partial charge in [-0.15, -0.1) is 0 Å². The molecule has 0 aliphatic rings. The number of sulfonamides is 1. The van der Waals surface area contributed by atoms with Crippen LogP contribution in [0.5, 0.6) is 0 Å². The number of carboxylic acid groups (broad SMARTS) is 1. The van der Waals surface area contributed by atoms with Crippen LogP contribution in [0.4, 0.5) is 0 Å². The number of aryl methyl sites for hydroxylation is 1. The molecule has 0 heterocycles. The monoisotopic (exact) mass is 249 g/mol. The molecule has 0 fully saturated rings. The fourth-order valence-electron chi connectivity index (χ4n) is 1.17. The van der Waals surface area contributed by atoms with Crippen molar-refractivity contribution in [2.75, 3.05) is 0 Å². The van der Waals surface area contributed by atoms with Crippen molar-refractivity contribution >= 4 is 27.6 Å². The van der Waals surface area contributed by atoms with E-state index in [9.17, 15) is 13.2 Å². The van der Waals surface area contributed by atoms with Gasteiger partial charge in [0, 0.05) is 0 Å². The molecule has 0 saturated heterocycles. The van der Waals surface area contributed by atoms with Gasteiger partial charge in [0.05, 0.1) is 10.6 Å². The topological polar surface area (TPSA) is 97.5 Å². The molecule has 0 unspecified atom stereocenters. The summed E-state index contributed by atoms with van der Waals surface area (Å²) in [5, 5.41) is 13.3. The van der Waals surface area contributed by atoms with Crippen LogP contribution in [0.3, 0.4) is 0 Å². The molecule has 0 atom stereocenters. The molecular formula is C8H8ClNO4S. The molecule has 82 valence electrons. The Labute approximate surface area is 91.5 Å². The summed E-state index contributed by atoms with van der Waals surface area (Å²) in [7, 11) is -4.02. The zero-order valence-corrected chi connectivity index (χ0v) is 9.26. The van der Waals surface area contributed by atoms with E-state index in [-0.39, 0.29) is 15.5 Å². The second-order valence-electron chi connectivity index (χ2n) is 2.92. The van der Waals surface area contributed by atoms with E-state index in [2.05, 4.69) is 0 Å². The van der Waals surface area contributed by atoms with Crippen molar-refractivity contribution in [1.29, 1.82) is 0 Å². The van der Waals surface area contributed by atoms with E-state index < -0.39 is 16.0 Å². The summed E-state index contributed by atoms with van der Waals surface area (Å²) in [5.41, 5.74) is 0.0267. The third-order valence-corrected chi connectivity index (χ3v) is 3.41. The summed E-state index contributed by atoms with van der Waals surface area (Å²) in [6.45, 7) is 1.48. The summed E-state index contributed by atoms with van der Waals surface area (Å²) < 4.78 is 22.3. The van der Waals surface area contributed by atoms with Gasteiger partial charge >= 0.3 is 5.97 Å². The number of carbonyl (C=O) groups is 1. The van der Waals surface area contributed by atoms with Crippen LogP contribution in [-0.2, 0) is 10.0 Å². The third kappa shape index (κ3) is 2.28. The number of nitrogens with two attached hydrogens (primary N) is 1. The van der Waals surface area contributed by atoms with Crippen molar-refractivity contribution in [2.45, 2.75) is 11.8 Å². The van der Waals surface area contributed by atoms with Crippen LogP contribution >= 0.6 is 11.6 Å². The van der Waals surface area contributed by atoms with E-state index in [0.717, 1.165) is 0 Å². The van der Waals surface area contributed by atoms with Crippen LogP contribution in [0.15, 0.2) is 17.0 Å². The van der Waals surface area contributed by atoms with Crippen molar-refractivity contribution in [3.8, 4) is 0 Å². The summed E-state index contributed by atoms with van der Waals surface area (Å²) in [6, 6.07) is 2.57. The van der Waals surface area contributed by atoms with Gasteiger partial charge in [0.15, 0.2) is 0 Å². The highest BCUT2D eigenvalue weighted by molar-refractivity contribution is 7.89. The van der Waals surface area contributed by atoms with E-state index in [0.29, 0.717) is 5.56 Å². The fourth-order valence-corrected chi connectivity index (χ4v) is 2.66. The summed E-state index contributed by atoms with van der Waals surface area (Å²) in [5.74, 6) is -1.30. The first kappa shape index (κ1) is 12.0. The number of rotatable bonds is 2. The van der Waals surface area contributed by atoms with Crippen LogP contribution < -0.4 is 5.14 Å². The van der Waals surface area contributed by atoms with Crippen LogP contribution in [0, 0.1) is 6.92 Å². The Hall–Kier alpha value is -1.11. The SMILES string of the molecule is Cc1ccc(C(=O)O)c(Cl)c1S(N)(=O)=O. The number of hydrogen-bond donors (Lipinski definition) is 2. The van der Waals surface area contributed by atoms with Crippen molar-refractivity contribution in [3.05, 3.63) is 28.3 Å². The molecule has 0 saturated carbocycles. The molecule has 1 aromatic carbocycles. The molecule has 1 aromatic rings. The summed E-state index contributed by atoms with van der Waals surface area (Å²) in [6.07, 6.45) is 0. The molecule has 7 heteroatoms. The number of benzene rings is 1. The Balaban J connectivity index is 3.66. The number of carboxylic acids is 1. The highest BCUT2D eigenvalue weighted by Crippen LogP contribution is 2.27. The van der Waals surface area contributed by atoms with Crippen molar-refractivity contribution < 1.29 is 18.3 Å². The second-order valence-corrected chi connectivity index (χ2v) is 4.80. The van der Waals surface area contributed by atoms with Crippen LogP contribution in [0.25, 0.3) is 0 Å². The average Bonchev–Trinajstić information content (AvgIpc) is 2.00. The highest BCUT2D eigenvalue weighted by Gasteiger charge is 2.21. The van der Waals surface area contributed by atoms with Gasteiger partial charge in [-0.1, -0.05) is 17.7 Å². The van der Waals surface area contributed by atoms with Gasteiger partial charge in [-0.25, -0.2) is 18.4 Å². The predicted octanol–water partition coefficient (Wildman–Crippen LogP) is 0.994. The van der Waals surface area contributed by atoms with Crippen molar-refractivity contribution in [2.24, 2.45) is 5.14 Å². The van der Waals surface area contributed by atoms with E-state index >= 15 is 0 Å². The molecular weight excluding hydrogens is 242 g/mol. The first-order chi connectivity index (χ1) is 6.75. The Kier molecular flexibility index (Phi) is 3.03. The molecule has 1 rings (SSSR count). The minimum atomic E-state index is -4.02. The minimum absolute atomic E-state index is 0.286. The van der Waals surface area contributed by atoms with Gasteiger partial charge in [-0.05, 0) is 18.6 Å². The van der Waals surface area contributed by atoms with E-state index in [4.69, 9.17) is 21.8 Å². The standard InChI is InChI=1S/C8H8ClNO4S/c1-4-2-3-5(8(11)12)6(9)7(4)15(10,13)14/h2-3H,1H3,(H,11,12)(H2,10,13,14). The quantitative estimate of drug-likeness (QED) is 0.817. The zero-order valence-electron chi connectivity index (χ0n) is 7.69. The second kappa shape index (κ2) is 3.80. The molecule has 0 aliphatic heterocycles. The van der Waals surface area contributed by atoms with Crippen molar-refractivity contribution in [1.82, 2.24) is 0 Å². The van der Waals surface area contributed by atoms with Crippen molar-refractivity contribution in [3.63, 3.8) is 0 Å². The number of primary sulfonamides is 1. The molecule has 15 heavy (non-hydrogen) atoms. The Bertz CT molecular complexity index is 524. The largest absolute Gasteiger partial charge is 0.478 e. The average molecular weight is 250 g/mol.